The molecule has 0 saturated carbocycles. The van der Waals surface area contributed by atoms with Gasteiger partial charge in [-0.3, -0.25) is 14.4 Å². The van der Waals surface area contributed by atoms with Crippen LogP contribution in [0.5, 0.6) is 0 Å². The van der Waals surface area contributed by atoms with Crippen LogP contribution in [-0.4, -0.2) is 61.0 Å². The SMILES string of the molecule is COC(=O)C1C(=O)NCC2(CCN(C(=O)OC(C)(C)C)CC2)C1=O. The number of ether oxygens (including phenoxy) is 2. The Hall–Kier alpha value is -2.12. The van der Waals surface area contributed by atoms with E-state index in [0.29, 0.717) is 25.9 Å². The highest BCUT2D eigenvalue weighted by Crippen LogP contribution is 2.37. The number of rotatable bonds is 1. The second-order valence-corrected chi connectivity index (χ2v) is 7.29. The molecule has 8 nitrogen and oxygen atoms in total. The second kappa shape index (κ2) is 6.41. The van der Waals surface area contributed by atoms with Gasteiger partial charge in [0, 0.05) is 19.6 Å². The average molecular weight is 340 g/mol. The smallest absolute Gasteiger partial charge is 0.410 e. The fraction of sp³-hybridized carbons (Fsp3) is 0.750. The molecular formula is C16H24N2O6. The number of hydrogen-bond donors (Lipinski definition) is 1. The molecule has 2 fully saturated rings. The topological polar surface area (TPSA) is 102 Å². The Labute approximate surface area is 140 Å². The molecule has 0 radical (unpaired) electrons. The van der Waals surface area contributed by atoms with Crippen LogP contribution >= 0.6 is 0 Å². The highest BCUT2D eigenvalue weighted by molar-refractivity contribution is 6.19. The summed E-state index contributed by atoms with van der Waals surface area (Å²) < 4.78 is 9.91. The van der Waals surface area contributed by atoms with E-state index in [1.54, 1.807) is 25.7 Å². The van der Waals surface area contributed by atoms with Gasteiger partial charge in [-0.15, -0.1) is 0 Å². The molecule has 1 atom stereocenters. The number of carbonyl (C=O) groups excluding carboxylic acids is 4. The largest absolute Gasteiger partial charge is 0.468 e. The lowest BCUT2D eigenvalue weighted by atomic mass is 9.68. The van der Waals surface area contributed by atoms with Crippen LogP contribution in [0.25, 0.3) is 0 Å². The predicted octanol–water partition coefficient (Wildman–Crippen LogP) is 0.492. The van der Waals surface area contributed by atoms with Crippen molar-refractivity contribution in [1.29, 1.82) is 0 Å². The molecule has 0 aromatic heterocycles. The Balaban J connectivity index is 2.06. The molecule has 2 rings (SSSR count). The van der Waals surface area contributed by atoms with Gasteiger partial charge >= 0.3 is 12.1 Å². The van der Waals surface area contributed by atoms with E-state index in [1.165, 1.54) is 0 Å². The number of esters is 1. The summed E-state index contributed by atoms with van der Waals surface area (Å²) in [6.07, 6.45) is 0.326. The van der Waals surface area contributed by atoms with Crippen molar-refractivity contribution < 1.29 is 28.7 Å². The van der Waals surface area contributed by atoms with Crippen molar-refractivity contribution in [2.45, 2.75) is 39.2 Å². The molecule has 0 aliphatic carbocycles. The van der Waals surface area contributed by atoms with Crippen molar-refractivity contribution >= 4 is 23.8 Å². The van der Waals surface area contributed by atoms with Crippen LogP contribution in [-0.2, 0) is 23.9 Å². The maximum Gasteiger partial charge on any atom is 0.410 e. The van der Waals surface area contributed by atoms with Gasteiger partial charge in [0.1, 0.15) is 5.60 Å². The molecular weight excluding hydrogens is 316 g/mol. The van der Waals surface area contributed by atoms with Crippen molar-refractivity contribution in [2.24, 2.45) is 11.3 Å². The van der Waals surface area contributed by atoms with Gasteiger partial charge < -0.3 is 19.7 Å². The molecule has 0 aromatic rings. The van der Waals surface area contributed by atoms with Crippen LogP contribution in [0.15, 0.2) is 0 Å². The first kappa shape index (κ1) is 18.2. The van der Waals surface area contributed by atoms with Gasteiger partial charge in [0.25, 0.3) is 0 Å². The van der Waals surface area contributed by atoms with Crippen molar-refractivity contribution in [3.05, 3.63) is 0 Å². The minimum atomic E-state index is -1.42. The van der Waals surface area contributed by atoms with E-state index in [4.69, 9.17) is 4.74 Å². The first-order valence-corrected chi connectivity index (χ1v) is 7.97. The second-order valence-electron chi connectivity index (χ2n) is 7.29. The van der Waals surface area contributed by atoms with E-state index in [0.717, 1.165) is 7.11 Å². The molecule has 2 saturated heterocycles. The Bertz CT molecular complexity index is 549. The molecule has 0 bridgehead atoms. The van der Waals surface area contributed by atoms with Crippen LogP contribution < -0.4 is 5.32 Å². The molecule has 2 amide bonds. The molecule has 8 heteroatoms. The minimum Gasteiger partial charge on any atom is -0.468 e. The number of nitrogens with one attached hydrogen (secondary N) is 1. The van der Waals surface area contributed by atoms with E-state index in [-0.39, 0.29) is 6.54 Å². The summed E-state index contributed by atoms with van der Waals surface area (Å²) in [7, 11) is 1.15. The molecule has 2 aliphatic rings. The number of amides is 2. The lowest BCUT2D eigenvalue weighted by molar-refractivity contribution is -0.160. The summed E-state index contributed by atoms with van der Waals surface area (Å²) >= 11 is 0. The fourth-order valence-electron chi connectivity index (χ4n) is 3.07. The number of piperidine rings is 2. The summed E-state index contributed by atoms with van der Waals surface area (Å²) in [5, 5.41) is 2.63. The number of methoxy groups -OCH3 is 1. The quantitative estimate of drug-likeness (QED) is 0.551. The van der Waals surface area contributed by atoms with Gasteiger partial charge in [0.05, 0.1) is 12.5 Å². The molecule has 2 heterocycles. The zero-order valence-corrected chi connectivity index (χ0v) is 14.5. The van der Waals surface area contributed by atoms with Gasteiger partial charge in [-0.25, -0.2) is 4.79 Å². The Morgan fingerprint density at radius 3 is 2.29 bits per heavy atom. The number of likely N-dealkylation sites (tertiary alicyclic amines) is 1. The Kier molecular flexibility index (Phi) is 4.87. The molecule has 1 unspecified atom stereocenters. The number of nitrogens with zero attached hydrogens (tertiary/aromatic N) is 1. The van der Waals surface area contributed by atoms with Crippen molar-refractivity contribution in [1.82, 2.24) is 10.2 Å². The standard InChI is InChI=1S/C16H24N2O6/c1-15(2,3)24-14(22)18-7-5-16(6-8-18)9-17-12(20)10(11(16)19)13(21)23-4/h10H,5-9H2,1-4H3,(H,17,20). The third-order valence-corrected chi connectivity index (χ3v) is 4.46. The van der Waals surface area contributed by atoms with Crippen LogP contribution in [0.2, 0.25) is 0 Å². The van der Waals surface area contributed by atoms with E-state index in [9.17, 15) is 19.2 Å². The first-order chi connectivity index (χ1) is 11.1. The summed E-state index contributed by atoms with van der Waals surface area (Å²) in [4.78, 5) is 50.0. The van der Waals surface area contributed by atoms with Crippen LogP contribution in [0.4, 0.5) is 4.79 Å². The normalized spacial score (nSPS) is 23.7. The first-order valence-electron chi connectivity index (χ1n) is 7.97. The molecule has 1 spiro atoms. The monoisotopic (exact) mass is 340 g/mol. The van der Waals surface area contributed by atoms with E-state index in [1.807, 2.05) is 0 Å². The highest BCUT2D eigenvalue weighted by Gasteiger charge is 2.53. The maximum absolute atomic E-state index is 12.7. The lowest BCUT2D eigenvalue weighted by Crippen LogP contribution is -2.61. The van der Waals surface area contributed by atoms with Gasteiger partial charge in [-0.2, -0.15) is 0 Å². The van der Waals surface area contributed by atoms with Crippen LogP contribution in [0.1, 0.15) is 33.6 Å². The highest BCUT2D eigenvalue weighted by atomic mass is 16.6. The van der Waals surface area contributed by atoms with Crippen LogP contribution in [0.3, 0.4) is 0 Å². The van der Waals surface area contributed by atoms with Crippen LogP contribution in [0, 0.1) is 11.3 Å². The van der Waals surface area contributed by atoms with Gasteiger partial charge in [0.2, 0.25) is 5.91 Å². The third-order valence-electron chi connectivity index (χ3n) is 4.46. The van der Waals surface area contributed by atoms with Crippen molar-refractivity contribution in [3.8, 4) is 0 Å². The Morgan fingerprint density at radius 1 is 1.21 bits per heavy atom. The van der Waals surface area contributed by atoms with Crippen molar-refractivity contribution in [2.75, 3.05) is 26.7 Å². The Morgan fingerprint density at radius 2 is 1.79 bits per heavy atom. The van der Waals surface area contributed by atoms with E-state index < -0.39 is 40.7 Å². The van der Waals surface area contributed by atoms with Gasteiger partial charge in [0.15, 0.2) is 11.7 Å². The van der Waals surface area contributed by atoms with E-state index in [2.05, 4.69) is 10.1 Å². The van der Waals surface area contributed by atoms with Gasteiger partial charge in [-0.1, -0.05) is 0 Å². The average Bonchev–Trinajstić information content (AvgIpc) is 2.50. The van der Waals surface area contributed by atoms with Gasteiger partial charge in [-0.05, 0) is 33.6 Å². The van der Waals surface area contributed by atoms with Crippen molar-refractivity contribution in [3.63, 3.8) is 0 Å². The maximum atomic E-state index is 12.7. The molecule has 134 valence electrons. The zero-order chi connectivity index (χ0) is 18.1. The minimum absolute atomic E-state index is 0.181. The number of hydrogen-bond acceptors (Lipinski definition) is 6. The number of Topliss-reactive ketones (excluding diaryl/α,β-unsaturated/α-hetero) is 1. The zero-order valence-electron chi connectivity index (χ0n) is 14.5. The molecule has 24 heavy (non-hydrogen) atoms. The number of ketones is 1. The number of carbonyl (C=O) groups is 4. The fourth-order valence-corrected chi connectivity index (χ4v) is 3.07. The molecule has 0 aromatic carbocycles. The molecule has 1 N–H and O–H groups in total. The molecule has 2 aliphatic heterocycles. The lowest BCUT2D eigenvalue weighted by Gasteiger charge is -2.44. The predicted molar refractivity (Wildman–Crippen MR) is 83.0 cm³/mol. The summed E-state index contributed by atoms with van der Waals surface area (Å²) in [5.41, 5.74) is -1.41. The summed E-state index contributed by atoms with van der Waals surface area (Å²) in [5.74, 6) is -3.29. The third kappa shape index (κ3) is 3.52. The summed E-state index contributed by atoms with van der Waals surface area (Å²) in [6, 6.07) is 0. The van der Waals surface area contributed by atoms with E-state index >= 15 is 0 Å². The summed E-state index contributed by atoms with van der Waals surface area (Å²) in [6.45, 7) is 6.22.